The van der Waals surface area contributed by atoms with Gasteiger partial charge in [-0.05, 0) is 89.5 Å². The number of fused-ring (bicyclic) bond motifs is 3. The molecule has 2 aliphatic heterocycles. The summed E-state index contributed by atoms with van der Waals surface area (Å²) in [5.41, 5.74) is 5.93. The maximum atomic E-state index is 13.9. The molecule has 0 spiro atoms. The molecular formula is C46H54N8O6. The summed E-state index contributed by atoms with van der Waals surface area (Å²) >= 11 is 0. The molecule has 1 saturated carbocycles. The molecule has 14 heteroatoms. The molecule has 3 aliphatic rings. The van der Waals surface area contributed by atoms with E-state index in [1.165, 1.54) is 14.2 Å². The zero-order valence-corrected chi connectivity index (χ0v) is 35.0. The van der Waals surface area contributed by atoms with Crippen LogP contribution in [0.4, 0.5) is 9.59 Å². The van der Waals surface area contributed by atoms with E-state index in [4.69, 9.17) is 19.4 Å². The van der Waals surface area contributed by atoms with Crippen LogP contribution in [0.5, 0.6) is 0 Å². The fourth-order valence-electron chi connectivity index (χ4n) is 9.43. The summed E-state index contributed by atoms with van der Waals surface area (Å²) in [6.07, 6.45) is 7.00. The number of imidazole rings is 2. The number of nitrogens with one attached hydrogen (secondary N) is 4. The Morgan fingerprint density at radius 3 is 1.88 bits per heavy atom. The maximum Gasteiger partial charge on any atom is 0.407 e. The largest absolute Gasteiger partial charge is 0.453 e. The first kappa shape index (κ1) is 40.6. The molecule has 314 valence electrons. The molecule has 5 aromatic rings. The third kappa shape index (κ3) is 7.82. The molecule has 4 heterocycles. The number of hydrogen-bond donors (Lipinski definition) is 4. The number of methoxy groups -OCH3 is 2. The van der Waals surface area contributed by atoms with Gasteiger partial charge in [-0.2, -0.15) is 0 Å². The SMILES string of the molecule is COC(=O)N[C@H](C(=O)N1CCC[C@H]1c1ncc(-c2ccc3cc(-c4ccc(-c5cnc(C6[C@H]7CC[C@H](C7)N6C(=O)[C@@H](NC(=O)OC)C(C)C)[nH]5)cc4)ccc3c2)[nH]1)C(C)C. The molecule has 4 amide bonds. The lowest BCUT2D eigenvalue weighted by Gasteiger charge is -2.37. The Kier molecular flexibility index (Phi) is 11.4. The zero-order valence-electron chi connectivity index (χ0n) is 35.0. The molecule has 3 fully saturated rings. The van der Waals surface area contributed by atoms with Crippen molar-refractivity contribution in [1.82, 2.24) is 40.4 Å². The van der Waals surface area contributed by atoms with Gasteiger partial charge >= 0.3 is 12.2 Å². The van der Waals surface area contributed by atoms with Gasteiger partial charge in [-0.15, -0.1) is 0 Å². The zero-order chi connectivity index (χ0) is 42.2. The monoisotopic (exact) mass is 814 g/mol. The van der Waals surface area contributed by atoms with Crippen LogP contribution in [0.3, 0.4) is 0 Å². The number of likely N-dealkylation sites (tertiary alicyclic amines) is 2. The average Bonchev–Trinajstić information content (AvgIpc) is 4.12. The van der Waals surface area contributed by atoms with Crippen LogP contribution < -0.4 is 10.6 Å². The second-order valence-corrected chi connectivity index (χ2v) is 17.0. The van der Waals surface area contributed by atoms with Crippen LogP contribution in [0.15, 0.2) is 73.1 Å². The van der Waals surface area contributed by atoms with Gasteiger partial charge in [0.1, 0.15) is 23.7 Å². The number of ether oxygens (including phenoxy) is 2. The van der Waals surface area contributed by atoms with E-state index in [-0.39, 0.29) is 41.8 Å². The number of carbonyl (C=O) groups excluding carboxylic acids is 4. The van der Waals surface area contributed by atoms with Gasteiger partial charge in [-0.25, -0.2) is 19.6 Å². The molecule has 2 bridgehead atoms. The summed E-state index contributed by atoms with van der Waals surface area (Å²) in [6, 6.07) is 19.6. The van der Waals surface area contributed by atoms with E-state index in [1.807, 2.05) is 49.9 Å². The molecular weight excluding hydrogens is 761 g/mol. The third-order valence-corrected chi connectivity index (χ3v) is 12.6. The van der Waals surface area contributed by atoms with Gasteiger partial charge in [0.25, 0.3) is 0 Å². The van der Waals surface area contributed by atoms with Crippen LogP contribution in [0.2, 0.25) is 0 Å². The Morgan fingerprint density at radius 2 is 1.23 bits per heavy atom. The van der Waals surface area contributed by atoms with Crippen molar-refractivity contribution in [3.05, 3.63) is 84.7 Å². The molecule has 6 atom stereocenters. The highest BCUT2D eigenvalue weighted by Gasteiger charge is 2.51. The fraction of sp³-hybridized carbons (Fsp3) is 0.435. The van der Waals surface area contributed by atoms with Gasteiger partial charge in [-0.3, -0.25) is 9.59 Å². The van der Waals surface area contributed by atoms with Crippen molar-refractivity contribution in [3.8, 4) is 33.6 Å². The van der Waals surface area contributed by atoms with E-state index in [0.29, 0.717) is 12.5 Å². The topological polar surface area (TPSA) is 175 Å². The minimum Gasteiger partial charge on any atom is -0.453 e. The predicted octanol–water partition coefficient (Wildman–Crippen LogP) is 7.76. The summed E-state index contributed by atoms with van der Waals surface area (Å²) in [5.74, 6) is 1.38. The number of piperidine rings is 1. The molecule has 0 radical (unpaired) electrons. The predicted molar refractivity (Wildman–Crippen MR) is 227 cm³/mol. The summed E-state index contributed by atoms with van der Waals surface area (Å²) in [7, 11) is 2.60. The Morgan fingerprint density at radius 1 is 0.683 bits per heavy atom. The number of alkyl carbamates (subject to hydrolysis) is 2. The lowest BCUT2D eigenvalue weighted by atomic mass is 9.95. The number of carbonyl (C=O) groups is 4. The molecule has 1 aliphatic carbocycles. The van der Waals surface area contributed by atoms with Crippen molar-refractivity contribution in [1.29, 1.82) is 0 Å². The molecule has 8 rings (SSSR count). The van der Waals surface area contributed by atoms with Gasteiger partial charge in [-0.1, -0.05) is 76.2 Å². The molecule has 2 aromatic heterocycles. The lowest BCUT2D eigenvalue weighted by molar-refractivity contribution is -0.139. The molecule has 2 saturated heterocycles. The molecule has 1 unspecified atom stereocenters. The number of H-pyrrole nitrogens is 2. The minimum absolute atomic E-state index is 0.0918. The molecule has 60 heavy (non-hydrogen) atoms. The molecule has 4 N–H and O–H groups in total. The van der Waals surface area contributed by atoms with Crippen molar-refractivity contribution in [2.75, 3.05) is 20.8 Å². The van der Waals surface area contributed by atoms with E-state index in [9.17, 15) is 19.2 Å². The first-order valence-electron chi connectivity index (χ1n) is 21.0. The van der Waals surface area contributed by atoms with Crippen molar-refractivity contribution >= 4 is 34.8 Å². The number of benzene rings is 3. The van der Waals surface area contributed by atoms with Crippen LogP contribution in [0.1, 0.15) is 83.5 Å². The smallest absolute Gasteiger partial charge is 0.407 e. The third-order valence-electron chi connectivity index (χ3n) is 12.6. The Labute approximate surface area is 349 Å². The van der Waals surface area contributed by atoms with Crippen LogP contribution in [0.25, 0.3) is 44.4 Å². The summed E-state index contributed by atoms with van der Waals surface area (Å²) in [6.45, 7) is 8.27. The van der Waals surface area contributed by atoms with Crippen LogP contribution >= 0.6 is 0 Å². The second-order valence-electron chi connectivity index (χ2n) is 17.0. The Bertz CT molecular complexity index is 2390. The fourth-order valence-corrected chi connectivity index (χ4v) is 9.43. The highest BCUT2D eigenvalue weighted by molar-refractivity contribution is 5.91. The molecule has 3 aromatic carbocycles. The van der Waals surface area contributed by atoms with E-state index < -0.39 is 24.3 Å². The molecule has 14 nitrogen and oxygen atoms in total. The van der Waals surface area contributed by atoms with Crippen molar-refractivity contribution in [2.24, 2.45) is 17.8 Å². The number of aromatic nitrogens is 4. The van der Waals surface area contributed by atoms with Crippen LogP contribution in [-0.4, -0.2) is 92.6 Å². The van der Waals surface area contributed by atoms with Gasteiger partial charge in [0.05, 0.1) is 50.1 Å². The number of hydrogen-bond acceptors (Lipinski definition) is 8. The Balaban J connectivity index is 0.954. The van der Waals surface area contributed by atoms with Crippen LogP contribution in [-0.2, 0) is 19.1 Å². The summed E-state index contributed by atoms with van der Waals surface area (Å²) in [4.78, 5) is 72.0. The first-order chi connectivity index (χ1) is 28.9. The second kappa shape index (κ2) is 16.8. The van der Waals surface area contributed by atoms with E-state index in [0.717, 1.165) is 88.2 Å². The quantitative estimate of drug-likeness (QED) is 0.105. The average molecular weight is 815 g/mol. The number of aromatic amines is 2. The first-order valence-corrected chi connectivity index (χ1v) is 21.0. The minimum atomic E-state index is -0.688. The number of nitrogens with zero attached hydrogens (tertiary/aromatic N) is 4. The van der Waals surface area contributed by atoms with Crippen molar-refractivity contribution in [2.45, 2.75) is 90.0 Å². The van der Waals surface area contributed by atoms with E-state index >= 15 is 0 Å². The number of rotatable bonds is 11. The number of amides is 4. The van der Waals surface area contributed by atoms with E-state index in [2.05, 4.69) is 81.3 Å². The normalized spacial score (nSPS) is 20.8. The van der Waals surface area contributed by atoms with Gasteiger partial charge in [0.2, 0.25) is 11.8 Å². The highest BCUT2D eigenvalue weighted by Crippen LogP contribution is 2.50. The standard InChI is InChI=1S/C46H54N8O6/c1-25(2)38(51-45(57)59-5)43(55)53-19-7-8-37(53)41-47-24-36(49-41)32-16-15-30-20-29(13-14-31(30)21-32)27-9-11-28(12-10-27)35-23-48-42(50-35)40-33-17-18-34(22-33)54(40)44(56)39(26(3)4)52-46(58)60-6/h9-16,20-21,23-26,33-34,37-40H,7-8,17-19,22H2,1-6H3,(H,47,49)(H,48,50)(H,51,57)(H,52,58)/t33-,34+,37-,38-,39-,40?/m0/s1. The van der Waals surface area contributed by atoms with Gasteiger partial charge in [0, 0.05) is 18.2 Å². The maximum absolute atomic E-state index is 13.9. The summed E-state index contributed by atoms with van der Waals surface area (Å²) < 4.78 is 9.60. The highest BCUT2D eigenvalue weighted by atomic mass is 16.5. The lowest BCUT2D eigenvalue weighted by Crippen LogP contribution is -2.54. The van der Waals surface area contributed by atoms with E-state index in [1.54, 1.807) is 0 Å². The van der Waals surface area contributed by atoms with Crippen molar-refractivity contribution < 1.29 is 28.7 Å². The van der Waals surface area contributed by atoms with Crippen LogP contribution in [0, 0.1) is 17.8 Å². The summed E-state index contributed by atoms with van der Waals surface area (Å²) in [5, 5.41) is 7.66. The van der Waals surface area contributed by atoms with Gasteiger partial charge < -0.3 is 39.9 Å². The van der Waals surface area contributed by atoms with Crippen molar-refractivity contribution in [3.63, 3.8) is 0 Å². The van der Waals surface area contributed by atoms with Gasteiger partial charge in [0.15, 0.2) is 0 Å². The Hall–Kier alpha value is -6.18.